The minimum Gasteiger partial charge on any atom is -0.462 e. The van der Waals surface area contributed by atoms with E-state index in [1.807, 2.05) is 37.3 Å². The van der Waals surface area contributed by atoms with Gasteiger partial charge in [0.05, 0.1) is 18.0 Å². The van der Waals surface area contributed by atoms with E-state index in [9.17, 15) is 4.79 Å². The van der Waals surface area contributed by atoms with E-state index in [1.165, 1.54) is 23.4 Å². The Bertz CT molecular complexity index is 1040. The molecule has 0 aliphatic heterocycles. The van der Waals surface area contributed by atoms with Gasteiger partial charge in [-0.15, -0.1) is 0 Å². The lowest BCUT2D eigenvalue weighted by molar-refractivity contribution is 0.0605. The van der Waals surface area contributed by atoms with Crippen LogP contribution in [0, 0.1) is 6.92 Å². The molecule has 0 saturated heterocycles. The first-order chi connectivity index (χ1) is 11.7. The number of aryl methyl sites for hydroxylation is 1. The molecule has 1 atom stereocenters. The fraction of sp³-hybridized carbons (Fsp3) is 0.150. The number of carbonyl (C=O) groups is 1. The van der Waals surface area contributed by atoms with Crippen LogP contribution in [0.3, 0.4) is 0 Å². The highest BCUT2D eigenvalue weighted by molar-refractivity contribution is 7.38. The van der Waals surface area contributed by atoms with Gasteiger partial charge in [0.1, 0.15) is 0 Å². The van der Waals surface area contributed by atoms with Crippen LogP contribution in [0.5, 0.6) is 0 Å². The van der Waals surface area contributed by atoms with Crippen LogP contribution in [-0.2, 0) is 10.5 Å². The summed E-state index contributed by atoms with van der Waals surface area (Å²) in [5, 5.41) is 2.35. The van der Waals surface area contributed by atoms with Crippen molar-refractivity contribution in [3.05, 3.63) is 70.6 Å². The Labute approximate surface area is 142 Å². The van der Waals surface area contributed by atoms with Gasteiger partial charge in [-0.3, -0.25) is 0 Å². The largest absolute Gasteiger partial charge is 0.462 e. The van der Waals surface area contributed by atoms with Crippen LogP contribution < -0.4 is 0 Å². The molecule has 24 heavy (non-hydrogen) atoms. The second-order valence-electron chi connectivity index (χ2n) is 5.84. The summed E-state index contributed by atoms with van der Waals surface area (Å²) in [6, 6.07) is 18.6. The summed E-state index contributed by atoms with van der Waals surface area (Å²) in [6.07, 6.45) is 0. The lowest BCUT2D eigenvalue weighted by atomic mass is 10.1. The van der Waals surface area contributed by atoms with Crippen molar-refractivity contribution >= 4 is 37.6 Å². The molecule has 3 nitrogen and oxygen atoms in total. The number of ether oxygens (including phenoxy) is 1. The fourth-order valence-corrected chi connectivity index (χ4v) is 5.82. The second-order valence-corrected chi connectivity index (χ2v) is 7.73. The number of nitrogens with one attached hydrogen (secondary N) is 1. The molecule has 0 aliphatic rings. The number of hydrogen-bond donors (Lipinski definition) is 1. The Morgan fingerprint density at radius 3 is 2.54 bits per heavy atom. The van der Waals surface area contributed by atoms with Crippen molar-refractivity contribution in [3.63, 3.8) is 0 Å². The minimum absolute atomic E-state index is 0.222. The third-order valence-corrected chi connectivity index (χ3v) is 6.79. The van der Waals surface area contributed by atoms with E-state index in [-0.39, 0.29) is 16.4 Å². The maximum Gasteiger partial charge on any atom is 0.391 e. The maximum atomic E-state index is 12.4. The zero-order valence-corrected chi connectivity index (χ0v) is 14.4. The van der Waals surface area contributed by atoms with Gasteiger partial charge < -0.3 is 9.72 Å². The van der Waals surface area contributed by atoms with Crippen molar-refractivity contribution in [3.8, 4) is 0 Å². The van der Waals surface area contributed by atoms with Crippen molar-refractivity contribution in [1.29, 1.82) is 0 Å². The molecule has 0 fully saturated rings. The van der Waals surface area contributed by atoms with E-state index in [0.717, 1.165) is 26.5 Å². The summed E-state index contributed by atoms with van der Waals surface area (Å²) in [4.78, 5) is 17.9. The normalized spacial score (nSPS) is 12.0. The van der Waals surface area contributed by atoms with Crippen LogP contribution in [-0.4, -0.2) is 18.1 Å². The second kappa shape index (κ2) is 5.80. The molecular weight excluding hydrogens is 318 g/mol. The van der Waals surface area contributed by atoms with E-state index in [1.54, 1.807) is 0 Å². The number of para-hydroxylation sites is 1. The number of thiophene rings is 1. The van der Waals surface area contributed by atoms with Crippen LogP contribution in [0.1, 0.15) is 20.8 Å². The van der Waals surface area contributed by atoms with Gasteiger partial charge in [0.2, 0.25) is 0 Å². The number of rotatable bonds is 3. The van der Waals surface area contributed by atoms with Crippen LogP contribution in [0.2, 0.25) is 0 Å². The standard InChI is InChI=1S/C20H17NO2S/c1-13-17-15-10-6-7-11-16(15)21-19(17)24(18(13)20(22)23-2)12-14-8-4-3-5-9-14/h3-11H,12H2,1-2H3/p+1. The highest BCUT2D eigenvalue weighted by Crippen LogP contribution is 2.45. The molecule has 0 bridgehead atoms. The maximum absolute atomic E-state index is 12.4. The number of esters is 1. The van der Waals surface area contributed by atoms with Crippen LogP contribution in [0.4, 0.5) is 0 Å². The first-order valence-corrected chi connectivity index (χ1v) is 9.25. The molecule has 0 radical (unpaired) electrons. The quantitative estimate of drug-likeness (QED) is 0.412. The molecule has 4 heteroatoms. The zero-order chi connectivity index (χ0) is 16.7. The average molecular weight is 336 g/mol. The molecule has 2 heterocycles. The van der Waals surface area contributed by atoms with Gasteiger partial charge in [-0.2, -0.15) is 0 Å². The fourth-order valence-electron chi connectivity index (χ4n) is 3.31. The summed E-state index contributed by atoms with van der Waals surface area (Å²) in [5.74, 6) is 0.586. The molecule has 0 amide bonds. The summed E-state index contributed by atoms with van der Waals surface area (Å²) >= 11 is 0. The summed E-state index contributed by atoms with van der Waals surface area (Å²) < 4.78 is 5.08. The van der Waals surface area contributed by atoms with E-state index in [2.05, 4.69) is 29.2 Å². The molecule has 0 spiro atoms. The van der Waals surface area contributed by atoms with E-state index in [0.29, 0.717) is 0 Å². The highest BCUT2D eigenvalue weighted by Gasteiger charge is 2.33. The predicted molar refractivity (Wildman–Crippen MR) is 99.9 cm³/mol. The molecule has 0 aliphatic carbocycles. The van der Waals surface area contributed by atoms with Gasteiger partial charge in [-0.05, 0) is 13.0 Å². The smallest absolute Gasteiger partial charge is 0.391 e. The van der Waals surface area contributed by atoms with Crippen LogP contribution in [0.25, 0.3) is 21.1 Å². The summed E-state index contributed by atoms with van der Waals surface area (Å²) in [6.45, 7) is 2.03. The number of aromatic amines is 1. The first kappa shape index (κ1) is 15.0. The minimum atomic E-state index is -0.334. The van der Waals surface area contributed by atoms with E-state index in [4.69, 9.17) is 4.74 Å². The van der Waals surface area contributed by atoms with Crippen molar-refractivity contribution in [1.82, 2.24) is 4.98 Å². The summed E-state index contributed by atoms with van der Waals surface area (Å²) in [5.41, 5.74) is 3.38. The van der Waals surface area contributed by atoms with E-state index < -0.39 is 0 Å². The number of benzene rings is 2. The number of H-pyrrole nitrogens is 1. The Morgan fingerprint density at radius 1 is 1.08 bits per heavy atom. The average Bonchev–Trinajstić information content (AvgIpc) is 3.12. The molecule has 120 valence electrons. The molecule has 1 N–H and O–H groups in total. The monoisotopic (exact) mass is 336 g/mol. The van der Waals surface area contributed by atoms with E-state index >= 15 is 0 Å². The van der Waals surface area contributed by atoms with Gasteiger partial charge in [0.15, 0.2) is 5.75 Å². The Balaban J connectivity index is 2.02. The lowest BCUT2D eigenvalue weighted by Gasteiger charge is -1.99. The van der Waals surface area contributed by atoms with Crippen molar-refractivity contribution in [2.24, 2.45) is 0 Å². The molecule has 4 rings (SSSR count). The van der Waals surface area contributed by atoms with Crippen LogP contribution >= 0.6 is 10.5 Å². The topological polar surface area (TPSA) is 42.1 Å². The molecule has 0 saturated carbocycles. The molecule has 1 unspecified atom stereocenters. The van der Waals surface area contributed by atoms with Gasteiger partial charge in [-0.25, -0.2) is 4.79 Å². The van der Waals surface area contributed by atoms with Crippen LogP contribution in [0.15, 0.2) is 54.6 Å². The number of fused-ring (bicyclic) bond motifs is 3. The number of carbonyl (C=O) groups excluding carboxylic acids is 1. The Kier molecular flexibility index (Phi) is 3.62. The number of methoxy groups -OCH3 is 1. The van der Waals surface area contributed by atoms with Gasteiger partial charge in [0.25, 0.3) is 9.71 Å². The first-order valence-electron chi connectivity index (χ1n) is 7.86. The van der Waals surface area contributed by atoms with Crippen molar-refractivity contribution < 1.29 is 9.53 Å². The number of hydrogen-bond acceptors (Lipinski definition) is 2. The Hall–Kier alpha value is -2.59. The third-order valence-electron chi connectivity index (χ3n) is 4.40. The van der Waals surface area contributed by atoms with Gasteiger partial charge in [0, 0.05) is 27.0 Å². The van der Waals surface area contributed by atoms with Crippen molar-refractivity contribution in [2.75, 3.05) is 7.11 Å². The molecular formula is C20H18NO2S+. The number of aromatic nitrogens is 1. The lowest BCUT2D eigenvalue weighted by Crippen LogP contribution is -2.02. The SMILES string of the molecule is COC(=O)c1c(C)c2c3ccccc3[nH]c2[s+]1Cc1ccccc1. The molecule has 2 aromatic carbocycles. The van der Waals surface area contributed by atoms with Gasteiger partial charge in [-0.1, -0.05) is 48.5 Å². The predicted octanol–water partition coefficient (Wildman–Crippen LogP) is 5.21. The van der Waals surface area contributed by atoms with Crippen molar-refractivity contribution in [2.45, 2.75) is 12.7 Å². The summed E-state index contributed by atoms with van der Waals surface area (Å²) in [7, 11) is 1.12. The highest BCUT2D eigenvalue weighted by atomic mass is 32.2. The molecule has 2 aromatic heterocycles. The van der Waals surface area contributed by atoms with Gasteiger partial charge >= 0.3 is 5.97 Å². The Morgan fingerprint density at radius 2 is 1.79 bits per heavy atom. The molecule has 4 aromatic rings. The zero-order valence-electron chi connectivity index (χ0n) is 13.6. The third kappa shape index (κ3) is 2.22.